The van der Waals surface area contributed by atoms with Crippen LogP contribution in [-0.4, -0.2) is 17.0 Å². The average Bonchev–Trinajstić information content (AvgIpc) is 1.36. The van der Waals surface area contributed by atoms with Crippen LogP contribution in [0.4, 0.5) is 0 Å². The molecule has 0 aromatic heterocycles. The topological polar surface area (TPSA) is 77.4 Å². The molecule has 4 nitrogen and oxygen atoms in total. The number of aliphatic carboxylic acids is 2. The molecule has 0 atom stereocenters. The van der Waals surface area contributed by atoms with Gasteiger partial charge in [0.15, 0.2) is 5.97 Å². The maximum Gasteiger partial charge on any atom is 0.351 e. The summed E-state index contributed by atoms with van der Waals surface area (Å²) in [6.07, 6.45) is 0. The molecular formula is C2HErO4-. The van der Waals surface area contributed by atoms with Crippen LogP contribution in [0.2, 0.25) is 0 Å². The third-order valence-corrected chi connectivity index (χ3v) is 0.175. The first kappa shape index (κ1) is 10.2. The van der Waals surface area contributed by atoms with Crippen molar-refractivity contribution in [2.45, 2.75) is 0 Å². The van der Waals surface area contributed by atoms with E-state index >= 15 is 0 Å². The van der Waals surface area contributed by atoms with Gasteiger partial charge < -0.3 is 15.0 Å². The molecule has 7 heavy (non-hydrogen) atoms. The molecule has 5 heteroatoms. The van der Waals surface area contributed by atoms with Gasteiger partial charge in [-0.1, -0.05) is 0 Å². The van der Waals surface area contributed by atoms with Gasteiger partial charge in [-0.3, -0.25) is 0 Å². The summed E-state index contributed by atoms with van der Waals surface area (Å²) in [4.78, 5) is 18.0. The van der Waals surface area contributed by atoms with Gasteiger partial charge in [-0.15, -0.1) is 0 Å². The van der Waals surface area contributed by atoms with Crippen LogP contribution in [0.5, 0.6) is 0 Å². The Hall–Kier alpha value is 0.187. The standard InChI is InChI=1S/C2H2O4.Er/c3-1(4)2(5)6;/h(H,3,4)(H,5,6);/p-1. The largest absolute Gasteiger partial charge is 0.539 e. The Bertz CT molecular complexity index is 75.7. The second-order valence-electron chi connectivity index (χ2n) is 0.593. The second-order valence-corrected chi connectivity index (χ2v) is 0.593. The average molecular weight is 256 g/mol. The SMILES string of the molecule is O=C([O-])C(=O)O.[Er]. The minimum Gasteiger partial charge on any atom is -0.539 e. The molecule has 0 spiro atoms. The molecule has 0 fully saturated rings. The van der Waals surface area contributed by atoms with Gasteiger partial charge in [0.2, 0.25) is 0 Å². The minimum absolute atomic E-state index is 0. The number of hydrogen-bond donors (Lipinski definition) is 1. The Kier molecular flexibility index (Phi) is 6.35. The number of rotatable bonds is 0. The molecule has 0 radical (unpaired) electrons. The number of carbonyl (C=O) groups excluding carboxylic acids is 1. The van der Waals surface area contributed by atoms with E-state index in [2.05, 4.69) is 0 Å². The quantitative estimate of drug-likeness (QED) is 0.500. The predicted molar refractivity (Wildman–Crippen MR) is 12.6 cm³/mol. The summed E-state index contributed by atoms with van der Waals surface area (Å²) >= 11 is 0. The monoisotopic (exact) mass is 255 g/mol. The molecule has 0 aromatic rings. The summed E-state index contributed by atoms with van der Waals surface area (Å²) in [5.41, 5.74) is 0. The van der Waals surface area contributed by atoms with Crippen molar-refractivity contribution in [3.63, 3.8) is 0 Å². The van der Waals surface area contributed by atoms with Crippen molar-refractivity contribution in [1.82, 2.24) is 0 Å². The molecule has 46 valence electrons. The summed E-state index contributed by atoms with van der Waals surface area (Å²) in [7, 11) is 0. The molecule has 0 aliphatic carbocycles. The number of carbonyl (C=O) groups is 2. The molecule has 0 saturated carbocycles. The van der Waals surface area contributed by atoms with Gasteiger partial charge in [0.25, 0.3) is 0 Å². The Morgan fingerprint density at radius 2 is 1.57 bits per heavy atom. The van der Waals surface area contributed by atoms with Crippen molar-refractivity contribution in [3.8, 4) is 0 Å². The van der Waals surface area contributed by atoms with Gasteiger partial charge in [0.1, 0.15) is 0 Å². The normalized spacial score (nSPS) is 6.29. The summed E-state index contributed by atoms with van der Waals surface area (Å²) in [6, 6.07) is 0. The van der Waals surface area contributed by atoms with Gasteiger partial charge >= 0.3 is 5.97 Å². The molecule has 0 heterocycles. The molecule has 1 N–H and O–H groups in total. The van der Waals surface area contributed by atoms with E-state index in [-0.39, 0.29) is 37.3 Å². The minimum atomic E-state index is -2.07. The van der Waals surface area contributed by atoms with Crippen LogP contribution in [0.3, 0.4) is 0 Å². The van der Waals surface area contributed by atoms with Gasteiger partial charge in [-0.05, 0) is 0 Å². The Labute approximate surface area is 68.7 Å². The van der Waals surface area contributed by atoms with E-state index < -0.39 is 11.9 Å². The van der Waals surface area contributed by atoms with Crippen molar-refractivity contribution in [2.24, 2.45) is 0 Å². The van der Waals surface area contributed by atoms with Crippen LogP contribution in [0.1, 0.15) is 0 Å². The molecule has 0 saturated heterocycles. The Morgan fingerprint density at radius 1 is 1.43 bits per heavy atom. The van der Waals surface area contributed by atoms with Crippen molar-refractivity contribution in [3.05, 3.63) is 0 Å². The molecule has 0 bridgehead atoms. The molecule has 0 aliphatic heterocycles. The Balaban J connectivity index is 0. The number of carboxylic acids is 2. The maximum atomic E-state index is 9.04. The zero-order chi connectivity index (χ0) is 5.15. The summed E-state index contributed by atoms with van der Waals surface area (Å²) < 4.78 is 0. The van der Waals surface area contributed by atoms with Crippen LogP contribution >= 0.6 is 0 Å². The smallest absolute Gasteiger partial charge is 0.351 e. The van der Waals surface area contributed by atoms with E-state index in [1.54, 1.807) is 0 Å². The first-order chi connectivity index (χ1) is 2.64. The van der Waals surface area contributed by atoms with Crippen LogP contribution in [0.25, 0.3) is 0 Å². The van der Waals surface area contributed by atoms with Gasteiger partial charge in [0.05, 0.1) is 0 Å². The Morgan fingerprint density at radius 3 is 1.57 bits per heavy atom. The van der Waals surface area contributed by atoms with Crippen LogP contribution in [0, 0.1) is 37.3 Å². The summed E-state index contributed by atoms with van der Waals surface area (Å²) in [5.74, 6) is -4.01. The van der Waals surface area contributed by atoms with Gasteiger partial charge in [-0.2, -0.15) is 0 Å². The van der Waals surface area contributed by atoms with Crippen molar-refractivity contribution in [1.29, 1.82) is 0 Å². The van der Waals surface area contributed by atoms with Crippen LogP contribution in [-0.2, 0) is 9.59 Å². The molecular weight excluding hydrogens is 255 g/mol. The van der Waals surface area contributed by atoms with Crippen LogP contribution in [0.15, 0.2) is 0 Å². The van der Waals surface area contributed by atoms with E-state index in [1.165, 1.54) is 0 Å². The fourth-order valence-corrected chi connectivity index (χ4v) is 0. The third kappa shape index (κ3) is 6.19. The van der Waals surface area contributed by atoms with Crippen molar-refractivity contribution in [2.75, 3.05) is 0 Å². The maximum absolute atomic E-state index is 9.04. The molecule has 0 rings (SSSR count). The number of carboxylic acid groups (broad SMARTS) is 2. The van der Waals surface area contributed by atoms with E-state index in [1.807, 2.05) is 0 Å². The van der Waals surface area contributed by atoms with E-state index in [0.717, 1.165) is 0 Å². The fraction of sp³-hybridized carbons (Fsp3) is 0. The zero-order valence-electron chi connectivity index (χ0n) is 2.96. The molecule has 0 amide bonds. The molecule has 0 aromatic carbocycles. The fourth-order valence-electron chi connectivity index (χ4n) is 0. The van der Waals surface area contributed by atoms with E-state index in [4.69, 9.17) is 19.8 Å². The van der Waals surface area contributed by atoms with Crippen molar-refractivity contribution < 1.29 is 57.1 Å². The van der Waals surface area contributed by atoms with Crippen LogP contribution < -0.4 is 5.11 Å². The second kappa shape index (κ2) is 4.35. The zero-order valence-corrected chi connectivity index (χ0v) is 4.81. The van der Waals surface area contributed by atoms with E-state index in [0.29, 0.717) is 0 Å². The first-order valence-electron chi connectivity index (χ1n) is 1.09. The summed E-state index contributed by atoms with van der Waals surface area (Å²) in [5, 5.41) is 16.3. The predicted octanol–water partition coefficient (Wildman–Crippen LogP) is -2.18. The van der Waals surface area contributed by atoms with Gasteiger partial charge in [-0.25, -0.2) is 4.79 Å². The number of hydrogen-bond acceptors (Lipinski definition) is 3. The third-order valence-electron chi connectivity index (χ3n) is 0.175. The first-order valence-corrected chi connectivity index (χ1v) is 1.09. The van der Waals surface area contributed by atoms with Crippen molar-refractivity contribution >= 4 is 11.9 Å². The molecule has 0 unspecified atom stereocenters. The van der Waals surface area contributed by atoms with E-state index in [9.17, 15) is 0 Å². The molecule has 0 aliphatic rings. The van der Waals surface area contributed by atoms with Gasteiger partial charge in [0, 0.05) is 37.3 Å². The summed E-state index contributed by atoms with van der Waals surface area (Å²) in [6.45, 7) is 0.